The van der Waals surface area contributed by atoms with Crippen LogP contribution in [0.15, 0.2) is 47.1 Å². The van der Waals surface area contributed by atoms with Gasteiger partial charge in [-0.3, -0.25) is 0 Å². The van der Waals surface area contributed by atoms with Crippen LogP contribution >= 0.6 is 0 Å². The van der Waals surface area contributed by atoms with E-state index in [0.717, 1.165) is 22.6 Å². The number of benzene rings is 1. The van der Waals surface area contributed by atoms with Crippen molar-refractivity contribution in [3.8, 4) is 5.75 Å². The molecule has 1 aromatic carbocycles. The molecule has 0 fully saturated rings. The van der Waals surface area contributed by atoms with Gasteiger partial charge in [0.15, 0.2) is 0 Å². The molecular formula is C16H16N4O3. The fourth-order valence-corrected chi connectivity index (χ4v) is 2.11. The highest BCUT2D eigenvalue weighted by Crippen LogP contribution is 2.18. The number of aliphatic hydroxyl groups excluding tert-OH is 1. The van der Waals surface area contributed by atoms with Gasteiger partial charge in [-0.2, -0.15) is 5.21 Å². The van der Waals surface area contributed by atoms with Crippen LogP contribution in [-0.2, 0) is 6.42 Å². The Hall–Kier alpha value is -2.93. The van der Waals surface area contributed by atoms with E-state index in [1.165, 1.54) is 0 Å². The smallest absolute Gasteiger partial charge is 0.206 e. The van der Waals surface area contributed by atoms with Gasteiger partial charge in [0.1, 0.15) is 17.6 Å². The summed E-state index contributed by atoms with van der Waals surface area (Å²) < 4.78 is 10.7. The molecule has 0 bridgehead atoms. The number of nitrogens with zero attached hydrogens (tertiary/aromatic N) is 3. The molecule has 7 heteroatoms. The number of methoxy groups -OCH3 is 1. The van der Waals surface area contributed by atoms with Crippen LogP contribution in [-0.4, -0.2) is 32.8 Å². The van der Waals surface area contributed by atoms with E-state index in [0.29, 0.717) is 6.42 Å². The highest BCUT2D eigenvalue weighted by Gasteiger charge is 2.08. The minimum atomic E-state index is -0.909. The van der Waals surface area contributed by atoms with Crippen molar-refractivity contribution in [3.05, 3.63) is 65.4 Å². The minimum absolute atomic E-state index is 0.225. The second-order valence-electron chi connectivity index (χ2n) is 4.95. The average Bonchev–Trinajstić information content (AvgIpc) is 3.25. The lowest BCUT2D eigenvalue weighted by Gasteiger charge is -2.01. The molecule has 3 rings (SSSR count). The van der Waals surface area contributed by atoms with Gasteiger partial charge in [-0.25, -0.2) is 0 Å². The molecule has 0 amide bonds. The van der Waals surface area contributed by atoms with Crippen molar-refractivity contribution in [1.82, 2.24) is 20.6 Å². The normalized spacial score (nSPS) is 12.6. The van der Waals surface area contributed by atoms with E-state index in [2.05, 4.69) is 20.6 Å². The molecule has 0 spiro atoms. The van der Waals surface area contributed by atoms with Crippen LogP contribution in [0.3, 0.4) is 0 Å². The lowest BCUT2D eigenvalue weighted by atomic mass is 10.1. The number of aromatic nitrogens is 4. The van der Waals surface area contributed by atoms with Crippen molar-refractivity contribution in [1.29, 1.82) is 0 Å². The zero-order chi connectivity index (χ0) is 16.1. The molecule has 0 aliphatic rings. The molecule has 2 N–H and O–H groups in total. The summed E-state index contributed by atoms with van der Waals surface area (Å²) in [5.41, 5.74) is 1.98. The Morgan fingerprint density at radius 1 is 1.35 bits per heavy atom. The molecule has 23 heavy (non-hydrogen) atoms. The second kappa shape index (κ2) is 6.89. The molecule has 0 saturated carbocycles. The summed E-state index contributed by atoms with van der Waals surface area (Å²) in [6.07, 6.45) is 4.74. The summed E-state index contributed by atoms with van der Waals surface area (Å²) in [4.78, 5) is 0. The van der Waals surface area contributed by atoms with E-state index in [1.807, 2.05) is 30.3 Å². The van der Waals surface area contributed by atoms with Crippen LogP contribution in [0, 0.1) is 0 Å². The Labute approximate surface area is 132 Å². The molecule has 118 valence electrons. The van der Waals surface area contributed by atoms with Crippen molar-refractivity contribution >= 4 is 6.08 Å². The molecule has 0 aliphatic carbocycles. The lowest BCUT2D eigenvalue weighted by Crippen LogP contribution is -1.95. The molecule has 0 saturated heterocycles. The van der Waals surface area contributed by atoms with Gasteiger partial charge in [0.05, 0.1) is 13.4 Å². The molecule has 0 radical (unpaired) electrons. The van der Waals surface area contributed by atoms with E-state index < -0.39 is 6.10 Å². The zero-order valence-electron chi connectivity index (χ0n) is 12.5. The average molecular weight is 312 g/mol. The fraction of sp³-hybridized carbons (Fsp3) is 0.188. The first-order chi connectivity index (χ1) is 11.2. The Morgan fingerprint density at radius 2 is 2.17 bits per heavy atom. The van der Waals surface area contributed by atoms with Crippen molar-refractivity contribution in [2.45, 2.75) is 12.5 Å². The van der Waals surface area contributed by atoms with Gasteiger partial charge in [-0.05, 0) is 29.8 Å². The fourth-order valence-electron chi connectivity index (χ4n) is 2.11. The summed E-state index contributed by atoms with van der Waals surface area (Å²) in [6.45, 7) is 0. The van der Waals surface area contributed by atoms with Crippen LogP contribution in [0.2, 0.25) is 0 Å². The van der Waals surface area contributed by atoms with Crippen molar-refractivity contribution in [2.24, 2.45) is 0 Å². The Bertz CT molecular complexity index is 763. The Balaban J connectivity index is 1.63. The third-order valence-electron chi connectivity index (χ3n) is 3.31. The molecule has 7 nitrogen and oxygen atoms in total. The molecule has 2 heterocycles. The first kappa shape index (κ1) is 15.0. The van der Waals surface area contributed by atoms with Crippen LogP contribution in [0.25, 0.3) is 6.08 Å². The maximum atomic E-state index is 9.85. The number of aromatic amines is 1. The van der Waals surface area contributed by atoms with Gasteiger partial charge in [0.2, 0.25) is 5.82 Å². The molecule has 0 aliphatic heterocycles. The number of ether oxygens (including phenoxy) is 1. The number of furan rings is 1. The number of nitrogens with one attached hydrogen (secondary N) is 1. The number of tetrazole rings is 1. The van der Waals surface area contributed by atoms with E-state index in [9.17, 15) is 5.11 Å². The maximum Gasteiger partial charge on any atom is 0.206 e. The zero-order valence-corrected chi connectivity index (χ0v) is 12.5. The van der Waals surface area contributed by atoms with Crippen LogP contribution < -0.4 is 4.74 Å². The first-order valence-corrected chi connectivity index (χ1v) is 7.04. The van der Waals surface area contributed by atoms with Crippen molar-refractivity contribution < 1.29 is 14.3 Å². The van der Waals surface area contributed by atoms with Gasteiger partial charge in [0, 0.05) is 12.0 Å². The van der Waals surface area contributed by atoms with Crippen LogP contribution in [0.1, 0.15) is 28.8 Å². The third-order valence-corrected chi connectivity index (χ3v) is 3.31. The summed E-state index contributed by atoms with van der Waals surface area (Å²) in [7, 11) is 1.64. The van der Waals surface area contributed by atoms with E-state index in [-0.39, 0.29) is 5.82 Å². The number of H-pyrrole nitrogens is 1. The van der Waals surface area contributed by atoms with Gasteiger partial charge in [-0.1, -0.05) is 23.4 Å². The van der Waals surface area contributed by atoms with Crippen LogP contribution in [0.4, 0.5) is 0 Å². The second-order valence-corrected chi connectivity index (χ2v) is 4.95. The minimum Gasteiger partial charge on any atom is -0.497 e. The van der Waals surface area contributed by atoms with E-state index in [4.69, 9.17) is 9.15 Å². The van der Waals surface area contributed by atoms with Gasteiger partial charge in [-0.15, -0.1) is 10.2 Å². The van der Waals surface area contributed by atoms with E-state index >= 15 is 0 Å². The van der Waals surface area contributed by atoms with Crippen LogP contribution in [0.5, 0.6) is 5.75 Å². The number of rotatable bonds is 6. The van der Waals surface area contributed by atoms with E-state index in [1.54, 1.807) is 25.5 Å². The third kappa shape index (κ3) is 3.83. The van der Waals surface area contributed by atoms with Gasteiger partial charge >= 0.3 is 0 Å². The highest BCUT2D eigenvalue weighted by molar-refractivity contribution is 5.49. The Morgan fingerprint density at radius 3 is 2.87 bits per heavy atom. The Kier molecular flexibility index (Phi) is 4.49. The van der Waals surface area contributed by atoms with Gasteiger partial charge < -0.3 is 14.3 Å². The first-order valence-electron chi connectivity index (χ1n) is 7.04. The molecule has 1 atom stereocenters. The monoisotopic (exact) mass is 312 g/mol. The highest BCUT2D eigenvalue weighted by atomic mass is 16.5. The summed E-state index contributed by atoms with van der Waals surface area (Å²) in [5, 5.41) is 23.0. The van der Waals surface area contributed by atoms with Crippen molar-refractivity contribution in [2.75, 3.05) is 7.11 Å². The standard InChI is InChI=1S/C16H16N4O3/c1-22-13-5-2-11(3-6-13)8-14-9-12(10-23-14)4-7-15(21)16-17-19-20-18-16/h2-7,9-10,15,21H,8H2,1H3,(H,17,18,19,20). The summed E-state index contributed by atoms with van der Waals surface area (Å²) in [6, 6.07) is 9.75. The SMILES string of the molecule is COc1ccc(Cc2cc(C=CC(O)c3nn[nH]n3)co2)cc1. The summed E-state index contributed by atoms with van der Waals surface area (Å²) >= 11 is 0. The quantitative estimate of drug-likeness (QED) is 0.724. The molecule has 1 unspecified atom stereocenters. The molecule has 2 aromatic heterocycles. The maximum absolute atomic E-state index is 9.85. The number of hydrogen-bond acceptors (Lipinski definition) is 6. The predicted molar refractivity (Wildman–Crippen MR) is 82.7 cm³/mol. The van der Waals surface area contributed by atoms with Crippen molar-refractivity contribution in [3.63, 3.8) is 0 Å². The largest absolute Gasteiger partial charge is 0.497 e. The predicted octanol–water partition coefficient (Wildman–Crippen LogP) is 2.14. The number of hydrogen-bond donors (Lipinski definition) is 2. The molecule has 3 aromatic rings. The molecular weight excluding hydrogens is 296 g/mol. The topological polar surface area (TPSA) is 97.1 Å². The van der Waals surface area contributed by atoms with Gasteiger partial charge in [0.25, 0.3) is 0 Å². The lowest BCUT2D eigenvalue weighted by molar-refractivity contribution is 0.219. The summed E-state index contributed by atoms with van der Waals surface area (Å²) in [5.74, 6) is 1.89. The number of aliphatic hydroxyl groups is 1.